The van der Waals surface area contributed by atoms with Crippen LogP contribution >= 0.6 is 0 Å². The van der Waals surface area contributed by atoms with Crippen LogP contribution in [0.2, 0.25) is 0 Å². The first kappa shape index (κ1) is 9.14. The smallest absolute Gasteiger partial charge is 0.254 e. The first-order chi connectivity index (χ1) is 1.73. The van der Waals surface area contributed by atoms with Gasteiger partial charge in [0.05, 0.1) is 0 Å². The molecule has 1 radical (unpaired) electrons. The summed E-state index contributed by atoms with van der Waals surface area (Å²) in [5, 5.41) is 0. The molecule has 0 amide bonds. The van der Waals surface area contributed by atoms with E-state index in [1.54, 1.807) is 0 Å². The van der Waals surface area contributed by atoms with Gasteiger partial charge in [-0.05, 0) is 0 Å². The van der Waals surface area contributed by atoms with Gasteiger partial charge in [-0.3, -0.25) is 12.9 Å². The van der Waals surface area contributed by atoms with E-state index < -0.39 is 7.54 Å². The van der Waals surface area contributed by atoms with Gasteiger partial charge in [-0.2, -0.15) is 0 Å². The van der Waals surface area contributed by atoms with Gasteiger partial charge in [0.1, 0.15) is 0 Å². The number of hydrogen-bond acceptors (Lipinski definition) is 0. The molecule has 0 saturated carbocycles. The van der Waals surface area contributed by atoms with Crippen molar-refractivity contribution >= 4 is 7.54 Å². The maximum atomic E-state index is 9.67. The maximum absolute atomic E-state index is 9.67. The van der Waals surface area contributed by atoms with Gasteiger partial charge >= 0.3 is 7.54 Å². The first-order valence-electron chi connectivity index (χ1n) is 0.655. The second kappa shape index (κ2) is 4.60. The Morgan fingerprint density at radius 2 is 1.00 bits per heavy atom. The Hall–Kier alpha value is 0.595. The van der Waals surface area contributed by atoms with Crippen molar-refractivity contribution in [1.82, 2.24) is 0 Å². The zero-order valence-corrected chi connectivity index (χ0v) is 3.50. The van der Waals surface area contributed by atoms with Crippen molar-refractivity contribution in [3.05, 3.63) is 0 Å². The molecule has 0 fully saturated rings. The van der Waals surface area contributed by atoms with Gasteiger partial charge in [0, 0.05) is 22.4 Å². The molecule has 5 heavy (non-hydrogen) atoms. The van der Waals surface area contributed by atoms with Gasteiger partial charge in [0.2, 0.25) is 0 Å². The molecule has 0 bridgehead atoms. The molecule has 0 rings (SSSR count). The van der Waals surface area contributed by atoms with Crippen LogP contribution in [0.3, 0.4) is 0 Å². The number of halogens is 3. The molecule has 35 valence electrons. The minimum Gasteiger partial charge on any atom is -0.254 e. The van der Waals surface area contributed by atoms with Crippen molar-refractivity contribution in [2.75, 3.05) is 0 Å². The topological polar surface area (TPSA) is 0 Å². The molecule has 0 aromatic heterocycles. The van der Waals surface area contributed by atoms with E-state index in [-0.39, 0.29) is 22.4 Å². The monoisotopic (exact) mass is 175 g/mol. The first-order valence-corrected chi connectivity index (χ1v) is 0.655. The third kappa shape index (κ3) is 87.4. The maximum Gasteiger partial charge on any atom is 0.762 e. The fraction of sp³-hybridized carbons (Fsp3) is 0. The molecule has 0 spiro atoms. The molecule has 0 N–H and O–H groups in total. The van der Waals surface area contributed by atoms with E-state index in [1.807, 2.05) is 0 Å². The Kier molecular flexibility index (Phi) is 8.40. The zero-order chi connectivity index (χ0) is 3.58. The predicted octanol–water partition coefficient (Wildman–Crippen LogP) is 0.877. The number of hydrogen-bond donors (Lipinski definition) is 0. The predicted molar refractivity (Wildman–Crippen MR) is 9.08 cm³/mol. The SMILES string of the molecule is FB(F)F.[Ag]. The van der Waals surface area contributed by atoms with Gasteiger partial charge < -0.3 is 0 Å². The van der Waals surface area contributed by atoms with E-state index in [4.69, 9.17) is 0 Å². The van der Waals surface area contributed by atoms with Crippen molar-refractivity contribution in [3.63, 3.8) is 0 Å². The van der Waals surface area contributed by atoms with Gasteiger partial charge in [-0.25, -0.2) is 0 Å². The van der Waals surface area contributed by atoms with Crippen LogP contribution in [0.25, 0.3) is 0 Å². The van der Waals surface area contributed by atoms with Crippen LogP contribution in [0.15, 0.2) is 0 Å². The molecule has 0 aliphatic heterocycles. The van der Waals surface area contributed by atoms with Crippen molar-refractivity contribution < 1.29 is 35.3 Å². The fourth-order valence-corrected chi connectivity index (χ4v) is 0. The van der Waals surface area contributed by atoms with Crippen LogP contribution in [-0.4, -0.2) is 7.54 Å². The molecule has 0 aromatic rings. The molecule has 0 aromatic carbocycles. The number of rotatable bonds is 0. The Labute approximate surface area is 43.5 Å². The normalized spacial score (nSPS) is 5.40. The standard InChI is InChI=1S/Ag.BF3/c;2-1(3)4. The van der Waals surface area contributed by atoms with E-state index in [2.05, 4.69) is 0 Å². The van der Waals surface area contributed by atoms with Crippen molar-refractivity contribution in [2.24, 2.45) is 0 Å². The average molecular weight is 176 g/mol. The van der Waals surface area contributed by atoms with Crippen LogP contribution in [0, 0.1) is 0 Å². The molecule has 5 heteroatoms. The van der Waals surface area contributed by atoms with Crippen molar-refractivity contribution in [1.29, 1.82) is 0 Å². The summed E-state index contributed by atoms with van der Waals surface area (Å²) in [7, 11) is -3.67. The van der Waals surface area contributed by atoms with E-state index in [0.717, 1.165) is 0 Å². The Bertz CT molecular complexity index is 11.6. The largest absolute Gasteiger partial charge is 0.762 e. The Morgan fingerprint density at radius 1 is 1.00 bits per heavy atom. The Morgan fingerprint density at radius 3 is 1.00 bits per heavy atom. The molecule has 0 unspecified atom stereocenters. The third-order valence-electron chi connectivity index (χ3n) is 0. The Balaban J connectivity index is 0. The summed E-state index contributed by atoms with van der Waals surface area (Å²) in [6.45, 7) is 0. The summed E-state index contributed by atoms with van der Waals surface area (Å²) in [6.07, 6.45) is 0. The summed E-state index contributed by atoms with van der Waals surface area (Å²) < 4.78 is 29.0. The van der Waals surface area contributed by atoms with Crippen molar-refractivity contribution in [3.8, 4) is 0 Å². The molecular formula is AgBF3. The van der Waals surface area contributed by atoms with Crippen LogP contribution in [0.5, 0.6) is 0 Å². The molecule has 0 heterocycles. The van der Waals surface area contributed by atoms with Crippen LogP contribution in [0.1, 0.15) is 0 Å². The van der Waals surface area contributed by atoms with Gasteiger partial charge in [-0.15, -0.1) is 0 Å². The summed E-state index contributed by atoms with van der Waals surface area (Å²) in [5.41, 5.74) is 0. The summed E-state index contributed by atoms with van der Waals surface area (Å²) in [6, 6.07) is 0. The van der Waals surface area contributed by atoms with E-state index in [0.29, 0.717) is 0 Å². The average Bonchev–Trinajstić information content (AvgIpc) is 0.811. The van der Waals surface area contributed by atoms with Gasteiger partial charge in [-0.1, -0.05) is 0 Å². The van der Waals surface area contributed by atoms with Gasteiger partial charge in [0.25, 0.3) is 0 Å². The van der Waals surface area contributed by atoms with Crippen LogP contribution in [0.4, 0.5) is 12.9 Å². The van der Waals surface area contributed by atoms with E-state index in [1.165, 1.54) is 0 Å². The molecule has 0 saturated heterocycles. The molecule has 0 aliphatic rings. The molecule has 0 atom stereocenters. The quantitative estimate of drug-likeness (QED) is 0.480. The molecular weight excluding hydrogens is 176 g/mol. The van der Waals surface area contributed by atoms with Crippen molar-refractivity contribution in [2.45, 2.75) is 0 Å². The second-order valence-corrected chi connectivity index (χ2v) is 0.247. The zero-order valence-electron chi connectivity index (χ0n) is 2.01. The third-order valence-corrected chi connectivity index (χ3v) is 0. The van der Waals surface area contributed by atoms with E-state index >= 15 is 0 Å². The minimum atomic E-state index is -3.67. The minimum absolute atomic E-state index is 0. The van der Waals surface area contributed by atoms with E-state index in [9.17, 15) is 12.9 Å². The molecule has 0 aliphatic carbocycles. The van der Waals surface area contributed by atoms with Gasteiger partial charge in [0.15, 0.2) is 0 Å². The van der Waals surface area contributed by atoms with Crippen LogP contribution in [-0.2, 0) is 22.4 Å². The summed E-state index contributed by atoms with van der Waals surface area (Å²) in [5.74, 6) is 0. The second-order valence-electron chi connectivity index (χ2n) is 0.247. The van der Waals surface area contributed by atoms with Crippen LogP contribution < -0.4 is 0 Å². The summed E-state index contributed by atoms with van der Waals surface area (Å²) in [4.78, 5) is 0. The summed E-state index contributed by atoms with van der Waals surface area (Å²) >= 11 is 0. The fourth-order valence-electron chi connectivity index (χ4n) is 0. The molecule has 0 nitrogen and oxygen atoms in total.